The van der Waals surface area contributed by atoms with E-state index in [1.165, 1.54) is 44.5 Å². The maximum Gasteiger partial charge on any atom is 0.0948 e. The topological polar surface area (TPSA) is 29.9 Å². The van der Waals surface area contributed by atoms with Crippen LogP contribution >= 0.6 is 0 Å². The molecular formula is C13H21N3. The molecule has 3 nitrogen and oxygen atoms in total. The monoisotopic (exact) mass is 219 g/mol. The highest BCUT2D eigenvalue weighted by atomic mass is 15.1. The van der Waals surface area contributed by atoms with Crippen LogP contribution in [0, 0.1) is 5.41 Å². The zero-order valence-electron chi connectivity index (χ0n) is 10.1. The van der Waals surface area contributed by atoms with Crippen molar-refractivity contribution < 1.29 is 0 Å². The summed E-state index contributed by atoms with van der Waals surface area (Å²) >= 11 is 0. The maximum absolute atomic E-state index is 4.34. The quantitative estimate of drug-likeness (QED) is 0.844. The van der Waals surface area contributed by atoms with Crippen molar-refractivity contribution in [3.05, 3.63) is 18.2 Å². The summed E-state index contributed by atoms with van der Waals surface area (Å²) in [4.78, 5) is 4.34. The Hall–Kier alpha value is -0.830. The molecule has 0 aromatic carbocycles. The van der Waals surface area contributed by atoms with E-state index in [1.54, 1.807) is 0 Å². The zero-order valence-corrected chi connectivity index (χ0v) is 10.1. The van der Waals surface area contributed by atoms with Gasteiger partial charge in [0.1, 0.15) is 0 Å². The molecule has 88 valence electrons. The van der Waals surface area contributed by atoms with Gasteiger partial charge in [-0.1, -0.05) is 6.92 Å². The molecule has 0 amide bonds. The van der Waals surface area contributed by atoms with Gasteiger partial charge in [-0.25, -0.2) is 4.98 Å². The molecule has 1 aliphatic carbocycles. The normalized spacial score (nSPS) is 27.9. The number of rotatable bonds is 3. The summed E-state index contributed by atoms with van der Waals surface area (Å²) in [5.41, 5.74) is 2.01. The largest absolute Gasteiger partial charge is 0.334 e. The van der Waals surface area contributed by atoms with Crippen LogP contribution in [-0.2, 0) is 6.54 Å². The van der Waals surface area contributed by atoms with Crippen molar-refractivity contribution in [2.75, 3.05) is 13.1 Å². The molecule has 1 atom stereocenters. The lowest BCUT2D eigenvalue weighted by Gasteiger charge is -2.24. The first-order chi connectivity index (χ1) is 7.77. The van der Waals surface area contributed by atoms with E-state index in [4.69, 9.17) is 0 Å². The molecular weight excluding hydrogens is 198 g/mol. The van der Waals surface area contributed by atoms with Gasteiger partial charge in [-0.15, -0.1) is 0 Å². The van der Waals surface area contributed by atoms with Crippen LogP contribution in [0.1, 0.15) is 44.2 Å². The fraction of sp³-hybridized carbons (Fsp3) is 0.769. The number of nitrogens with zero attached hydrogens (tertiary/aromatic N) is 2. The average Bonchev–Trinajstić information content (AvgIpc) is 2.86. The standard InChI is InChI=1S/C13H21N3/c1-13(4-5-13)9-16-10-15-8-12(16)11-3-2-6-14-7-11/h8,10-11,14H,2-7,9H2,1H3. The van der Waals surface area contributed by atoms with Crippen molar-refractivity contribution in [2.45, 2.75) is 45.1 Å². The average molecular weight is 219 g/mol. The van der Waals surface area contributed by atoms with Gasteiger partial charge in [0.05, 0.1) is 6.33 Å². The number of imidazole rings is 1. The highest BCUT2D eigenvalue weighted by Crippen LogP contribution is 2.46. The molecule has 3 rings (SSSR count). The van der Waals surface area contributed by atoms with Crippen LogP contribution in [0.25, 0.3) is 0 Å². The number of hydrogen-bond acceptors (Lipinski definition) is 2. The zero-order chi connectivity index (χ0) is 11.0. The van der Waals surface area contributed by atoms with Gasteiger partial charge in [-0.2, -0.15) is 0 Å². The summed E-state index contributed by atoms with van der Waals surface area (Å²) < 4.78 is 2.39. The fourth-order valence-electron chi connectivity index (χ4n) is 2.69. The lowest BCUT2D eigenvalue weighted by atomic mass is 9.96. The van der Waals surface area contributed by atoms with Crippen molar-refractivity contribution >= 4 is 0 Å². The molecule has 16 heavy (non-hydrogen) atoms. The third-order valence-corrected chi connectivity index (χ3v) is 4.12. The SMILES string of the molecule is CC1(Cn2cncc2C2CCCNC2)CC1. The number of aromatic nitrogens is 2. The van der Waals surface area contributed by atoms with Crippen LogP contribution in [0.4, 0.5) is 0 Å². The van der Waals surface area contributed by atoms with E-state index in [0.717, 1.165) is 6.54 Å². The molecule has 1 aliphatic heterocycles. The van der Waals surface area contributed by atoms with Gasteiger partial charge in [0, 0.05) is 30.9 Å². The smallest absolute Gasteiger partial charge is 0.0948 e. The Labute approximate surface area is 97.3 Å². The lowest BCUT2D eigenvalue weighted by Crippen LogP contribution is -2.29. The Morgan fingerprint density at radius 1 is 1.56 bits per heavy atom. The van der Waals surface area contributed by atoms with Gasteiger partial charge in [-0.05, 0) is 37.6 Å². The first-order valence-electron chi connectivity index (χ1n) is 6.48. The van der Waals surface area contributed by atoms with Gasteiger partial charge in [0.25, 0.3) is 0 Å². The van der Waals surface area contributed by atoms with Crippen molar-refractivity contribution in [3.63, 3.8) is 0 Å². The Bertz CT molecular complexity index is 359. The summed E-state index contributed by atoms with van der Waals surface area (Å²) in [6.45, 7) is 5.86. The predicted octanol–water partition coefficient (Wildman–Crippen LogP) is 2.15. The number of nitrogens with one attached hydrogen (secondary N) is 1. The first kappa shape index (κ1) is 10.3. The minimum absolute atomic E-state index is 0.567. The Morgan fingerprint density at radius 3 is 3.12 bits per heavy atom. The Balaban J connectivity index is 1.75. The predicted molar refractivity (Wildman–Crippen MR) is 64.4 cm³/mol. The summed E-state index contributed by atoms with van der Waals surface area (Å²) in [6.07, 6.45) is 9.47. The second kappa shape index (κ2) is 3.88. The summed E-state index contributed by atoms with van der Waals surface area (Å²) in [6, 6.07) is 0. The van der Waals surface area contributed by atoms with Crippen molar-refractivity contribution in [1.29, 1.82) is 0 Å². The molecule has 1 aromatic heterocycles. The lowest BCUT2D eigenvalue weighted by molar-refractivity contribution is 0.408. The molecule has 3 heteroatoms. The van der Waals surface area contributed by atoms with Gasteiger partial charge in [0.2, 0.25) is 0 Å². The van der Waals surface area contributed by atoms with Crippen LogP contribution in [0.3, 0.4) is 0 Å². The highest BCUT2D eigenvalue weighted by Gasteiger charge is 2.38. The summed E-state index contributed by atoms with van der Waals surface area (Å²) in [5, 5.41) is 3.49. The minimum atomic E-state index is 0.567. The van der Waals surface area contributed by atoms with Gasteiger partial charge >= 0.3 is 0 Å². The summed E-state index contributed by atoms with van der Waals surface area (Å²) in [5.74, 6) is 0.679. The van der Waals surface area contributed by atoms with E-state index in [9.17, 15) is 0 Å². The van der Waals surface area contributed by atoms with E-state index in [-0.39, 0.29) is 0 Å². The van der Waals surface area contributed by atoms with E-state index >= 15 is 0 Å². The van der Waals surface area contributed by atoms with E-state index < -0.39 is 0 Å². The molecule has 2 heterocycles. The van der Waals surface area contributed by atoms with Gasteiger partial charge in [0.15, 0.2) is 0 Å². The molecule has 2 fully saturated rings. The van der Waals surface area contributed by atoms with Crippen molar-refractivity contribution in [1.82, 2.24) is 14.9 Å². The highest BCUT2D eigenvalue weighted by molar-refractivity contribution is 5.09. The molecule has 0 radical (unpaired) electrons. The van der Waals surface area contributed by atoms with Crippen molar-refractivity contribution in [3.8, 4) is 0 Å². The van der Waals surface area contributed by atoms with Crippen LogP contribution in [-0.4, -0.2) is 22.6 Å². The third-order valence-electron chi connectivity index (χ3n) is 4.12. The molecule has 0 bridgehead atoms. The van der Waals surface area contributed by atoms with Crippen LogP contribution < -0.4 is 5.32 Å². The molecule has 1 aromatic rings. The molecule has 1 N–H and O–H groups in total. The fourth-order valence-corrected chi connectivity index (χ4v) is 2.69. The van der Waals surface area contributed by atoms with Gasteiger partial charge < -0.3 is 9.88 Å². The Kier molecular flexibility index (Phi) is 2.51. The van der Waals surface area contributed by atoms with Crippen molar-refractivity contribution in [2.24, 2.45) is 5.41 Å². The summed E-state index contributed by atoms with van der Waals surface area (Å²) in [7, 11) is 0. The number of hydrogen-bond donors (Lipinski definition) is 1. The Morgan fingerprint density at radius 2 is 2.44 bits per heavy atom. The number of piperidine rings is 1. The van der Waals surface area contributed by atoms with E-state index in [1.807, 2.05) is 6.33 Å². The second-order valence-corrected chi connectivity index (χ2v) is 5.80. The molecule has 0 spiro atoms. The first-order valence-corrected chi connectivity index (χ1v) is 6.48. The molecule has 2 aliphatic rings. The second-order valence-electron chi connectivity index (χ2n) is 5.80. The van der Waals surface area contributed by atoms with E-state index in [0.29, 0.717) is 11.3 Å². The van der Waals surface area contributed by atoms with Crippen LogP contribution in [0.5, 0.6) is 0 Å². The van der Waals surface area contributed by atoms with Crippen LogP contribution in [0.2, 0.25) is 0 Å². The molecule has 1 saturated carbocycles. The molecule has 1 saturated heterocycles. The van der Waals surface area contributed by atoms with Gasteiger partial charge in [-0.3, -0.25) is 0 Å². The van der Waals surface area contributed by atoms with E-state index in [2.05, 4.69) is 28.0 Å². The maximum atomic E-state index is 4.34. The molecule has 1 unspecified atom stereocenters. The minimum Gasteiger partial charge on any atom is -0.334 e. The third kappa shape index (κ3) is 2.01. The van der Waals surface area contributed by atoms with Crippen LogP contribution in [0.15, 0.2) is 12.5 Å².